The lowest BCUT2D eigenvalue weighted by molar-refractivity contribution is 0.186. The molecule has 2 aromatic rings. The maximum absolute atomic E-state index is 12.1. The molecular formula is C20H23Cl2N3O. The fourth-order valence-corrected chi connectivity index (χ4v) is 3.47. The fourth-order valence-electron chi connectivity index (χ4n) is 3.15. The first kappa shape index (κ1) is 19.0. The van der Waals surface area contributed by atoms with Crippen molar-refractivity contribution in [1.29, 1.82) is 0 Å². The lowest BCUT2D eigenvalue weighted by atomic mass is 10.0. The predicted octanol–water partition coefficient (Wildman–Crippen LogP) is 4.46. The smallest absolute Gasteiger partial charge is 0.315 e. The molecule has 0 bridgehead atoms. The van der Waals surface area contributed by atoms with Gasteiger partial charge in [-0.2, -0.15) is 0 Å². The maximum Gasteiger partial charge on any atom is 0.315 e. The summed E-state index contributed by atoms with van der Waals surface area (Å²) in [5.41, 5.74) is 2.26. The third-order valence-corrected chi connectivity index (χ3v) is 5.35. The molecule has 26 heavy (non-hydrogen) atoms. The van der Waals surface area contributed by atoms with Crippen LogP contribution in [0.25, 0.3) is 0 Å². The molecule has 0 saturated carbocycles. The average Bonchev–Trinajstić information content (AvgIpc) is 2.65. The van der Waals surface area contributed by atoms with Gasteiger partial charge in [0.2, 0.25) is 0 Å². The summed E-state index contributed by atoms with van der Waals surface area (Å²) in [5.74, 6) is 0. The molecule has 0 aromatic heterocycles. The Bertz CT molecular complexity index is 731. The summed E-state index contributed by atoms with van der Waals surface area (Å²) in [6.45, 7) is 3.38. The van der Waals surface area contributed by atoms with Gasteiger partial charge in [0, 0.05) is 32.2 Å². The molecule has 0 atom stereocenters. The third kappa shape index (κ3) is 5.63. The highest BCUT2D eigenvalue weighted by Gasteiger charge is 2.20. The van der Waals surface area contributed by atoms with Crippen molar-refractivity contribution in [1.82, 2.24) is 15.5 Å². The summed E-state index contributed by atoms with van der Waals surface area (Å²) < 4.78 is 0. The average molecular weight is 392 g/mol. The van der Waals surface area contributed by atoms with Crippen LogP contribution in [0.3, 0.4) is 0 Å². The molecule has 0 spiro atoms. The second-order valence-electron chi connectivity index (χ2n) is 6.61. The molecule has 6 heteroatoms. The van der Waals surface area contributed by atoms with E-state index in [1.807, 2.05) is 12.1 Å². The lowest BCUT2D eigenvalue weighted by Gasteiger charge is -2.32. The first-order valence-corrected chi connectivity index (χ1v) is 9.60. The highest BCUT2D eigenvalue weighted by Crippen LogP contribution is 2.22. The van der Waals surface area contributed by atoms with E-state index in [4.69, 9.17) is 23.2 Å². The number of hydrogen-bond donors (Lipinski definition) is 2. The van der Waals surface area contributed by atoms with Crippen LogP contribution in [0.2, 0.25) is 10.0 Å². The number of carbonyl (C=O) groups is 1. The van der Waals surface area contributed by atoms with Crippen molar-refractivity contribution in [3.05, 3.63) is 69.7 Å². The summed E-state index contributed by atoms with van der Waals surface area (Å²) >= 11 is 11.9. The monoisotopic (exact) mass is 391 g/mol. The fraction of sp³-hybridized carbons (Fsp3) is 0.350. The van der Waals surface area contributed by atoms with Gasteiger partial charge in [-0.05, 0) is 36.1 Å². The number of rotatable bonds is 5. The molecule has 1 aliphatic rings. The van der Waals surface area contributed by atoms with E-state index in [0.717, 1.165) is 38.0 Å². The van der Waals surface area contributed by atoms with E-state index in [2.05, 4.69) is 39.8 Å². The largest absolute Gasteiger partial charge is 0.335 e. The summed E-state index contributed by atoms with van der Waals surface area (Å²) in [4.78, 5) is 14.5. The quantitative estimate of drug-likeness (QED) is 0.789. The predicted molar refractivity (Wildman–Crippen MR) is 107 cm³/mol. The van der Waals surface area contributed by atoms with Crippen LogP contribution in [-0.2, 0) is 13.1 Å². The van der Waals surface area contributed by atoms with E-state index >= 15 is 0 Å². The second-order valence-corrected chi connectivity index (χ2v) is 7.43. The van der Waals surface area contributed by atoms with E-state index in [1.54, 1.807) is 12.1 Å². The molecule has 3 rings (SSSR count). The molecule has 1 heterocycles. The van der Waals surface area contributed by atoms with Gasteiger partial charge in [-0.25, -0.2) is 4.79 Å². The molecule has 2 N–H and O–H groups in total. The van der Waals surface area contributed by atoms with Crippen LogP contribution in [0.15, 0.2) is 48.5 Å². The minimum absolute atomic E-state index is 0.141. The van der Waals surface area contributed by atoms with E-state index in [1.165, 1.54) is 5.56 Å². The number of urea groups is 1. The van der Waals surface area contributed by atoms with Crippen LogP contribution < -0.4 is 10.6 Å². The zero-order chi connectivity index (χ0) is 18.4. The van der Waals surface area contributed by atoms with E-state index in [9.17, 15) is 4.79 Å². The van der Waals surface area contributed by atoms with Gasteiger partial charge in [0.25, 0.3) is 0 Å². The van der Waals surface area contributed by atoms with E-state index in [0.29, 0.717) is 16.6 Å². The van der Waals surface area contributed by atoms with E-state index in [-0.39, 0.29) is 12.1 Å². The SMILES string of the molecule is O=C(NCc1ccc(Cl)c(Cl)c1)NC1CCN(Cc2ccccc2)CC1. The lowest BCUT2D eigenvalue weighted by Crippen LogP contribution is -2.47. The van der Waals surface area contributed by atoms with Crippen LogP contribution in [-0.4, -0.2) is 30.1 Å². The van der Waals surface area contributed by atoms with Gasteiger partial charge in [-0.15, -0.1) is 0 Å². The Morgan fingerprint density at radius 1 is 1.00 bits per heavy atom. The van der Waals surface area contributed by atoms with Crippen LogP contribution in [0.5, 0.6) is 0 Å². The number of halogens is 2. The Morgan fingerprint density at radius 2 is 1.73 bits per heavy atom. The van der Waals surface area contributed by atoms with Gasteiger partial charge >= 0.3 is 6.03 Å². The molecule has 1 aliphatic heterocycles. The van der Waals surface area contributed by atoms with Gasteiger partial charge in [0.15, 0.2) is 0 Å². The van der Waals surface area contributed by atoms with Crippen LogP contribution in [0.1, 0.15) is 24.0 Å². The molecule has 138 valence electrons. The highest BCUT2D eigenvalue weighted by molar-refractivity contribution is 6.42. The summed E-state index contributed by atoms with van der Waals surface area (Å²) in [6, 6.07) is 15.9. The minimum atomic E-state index is -0.141. The molecule has 0 radical (unpaired) electrons. The van der Waals surface area contributed by atoms with Crippen molar-refractivity contribution in [3.8, 4) is 0 Å². The zero-order valence-electron chi connectivity index (χ0n) is 14.6. The Morgan fingerprint density at radius 3 is 2.42 bits per heavy atom. The Labute approximate surface area is 164 Å². The topological polar surface area (TPSA) is 44.4 Å². The van der Waals surface area contributed by atoms with Crippen molar-refractivity contribution < 1.29 is 4.79 Å². The van der Waals surface area contributed by atoms with Crippen LogP contribution >= 0.6 is 23.2 Å². The van der Waals surface area contributed by atoms with Crippen molar-refractivity contribution in [2.75, 3.05) is 13.1 Å². The standard InChI is InChI=1S/C20H23Cl2N3O/c21-18-7-6-16(12-19(18)22)13-23-20(26)24-17-8-10-25(11-9-17)14-15-4-2-1-3-5-15/h1-7,12,17H,8-11,13-14H2,(H2,23,24,26). The van der Waals surface area contributed by atoms with Crippen LogP contribution in [0, 0.1) is 0 Å². The number of hydrogen-bond acceptors (Lipinski definition) is 2. The second kappa shape index (κ2) is 9.26. The molecule has 0 aliphatic carbocycles. The summed E-state index contributed by atoms with van der Waals surface area (Å²) in [5, 5.41) is 6.96. The zero-order valence-corrected chi connectivity index (χ0v) is 16.1. The number of benzene rings is 2. The number of nitrogens with one attached hydrogen (secondary N) is 2. The first-order valence-electron chi connectivity index (χ1n) is 8.85. The number of carbonyl (C=O) groups excluding carboxylic acids is 1. The Balaban J connectivity index is 1.38. The first-order chi connectivity index (χ1) is 12.6. The number of nitrogens with zero attached hydrogens (tertiary/aromatic N) is 1. The summed E-state index contributed by atoms with van der Waals surface area (Å²) in [6.07, 6.45) is 1.93. The molecule has 2 amide bonds. The van der Waals surface area contributed by atoms with Gasteiger partial charge in [0.05, 0.1) is 10.0 Å². The van der Waals surface area contributed by atoms with Crippen molar-refractivity contribution in [2.45, 2.75) is 32.0 Å². The number of amides is 2. The van der Waals surface area contributed by atoms with Gasteiger partial charge < -0.3 is 10.6 Å². The Kier molecular flexibility index (Phi) is 6.78. The number of likely N-dealkylation sites (tertiary alicyclic amines) is 1. The van der Waals surface area contributed by atoms with E-state index < -0.39 is 0 Å². The molecule has 1 fully saturated rings. The highest BCUT2D eigenvalue weighted by atomic mass is 35.5. The molecule has 2 aromatic carbocycles. The third-order valence-electron chi connectivity index (χ3n) is 4.61. The summed E-state index contributed by atoms with van der Waals surface area (Å²) in [7, 11) is 0. The molecule has 1 saturated heterocycles. The minimum Gasteiger partial charge on any atom is -0.335 e. The van der Waals surface area contributed by atoms with Gasteiger partial charge in [0.1, 0.15) is 0 Å². The van der Waals surface area contributed by atoms with Crippen LogP contribution in [0.4, 0.5) is 4.79 Å². The van der Waals surface area contributed by atoms with Crippen molar-refractivity contribution in [2.24, 2.45) is 0 Å². The molecular weight excluding hydrogens is 369 g/mol. The normalized spacial score (nSPS) is 15.6. The van der Waals surface area contributed by atoms with Crippen molar-refractivity contribution >= 4 is 29.2 Å². The molecule has 0 unspecified atom stereocenters. The molecule has 4 nitrogen and oxygen atoms in total. The van der Waals surface area contributed by atoms with Crippen molar-refractivity contribution in [3.63, 3.8) is 0 Å². The van der Waals surface area contributed by atoms with Gasteiger partial charge in [-0.1, -0.05) is 59.6 Å². The maximum atomic E-state index is 12.1. The number of piperidine rings is 1. The Hall–Kier alpha value is -1.75. The van der Waals surface area contributed by atoms with Gasteiger partial charge in [-0.3, -0.25) is 4.90 Å².